The minimum atomic E-state index is -0.245. The lowest BCUT2D eigenvalue weighted by Crippen LogP contribution is -2.51. The standard InChI is InChI=1S/C13H24N2O4/c1-10-9-19-11(2)7-15(10)8-12(16)14-6-4-5-13(17)18-3/h10-11H,4-9H2,1-3H3,(H,14,16)/t10-,11-/m0/s1. The van der Waals surface area contributed by atoms with Gasteiger partial charge in [-0.05, 0) is 20.3 Å². The van der Waals surface area contributed by atoms with Gasteiger partial charge < -0.3 is 14.8 Å². The number of carbonyl (C=O) groups excluding carboxylic acids is 2. The number of nitrogens with one attached hydrogen (secondary N) is 1. The molecule has 110 valence electrons. The van der Waals surface area contributed by atoms with E-state index < -0.39 is 0 Å². The van der Waals surface area contributed by atoms with Gasteiger partial charge in [-0.1, -0.05) is 0 Å². The first-order chi connectivity index (χ1) is 9.02. The Bertz CT molecular complexity index is 309. The van der Waals surface area contributed by atoms with E-state index in [2.05, 4.69) is 21.9 Å². The zero-order valence-electron chi connectivity index (χ0n) is 12.0. The lowest BCUT2D eigenvalue weighted by molar-refractivity contribution is -0.140. The van der Waals surface area contributed by atoms with E-state index in [0.29, 0.717) is 32.5 Å². The van der Waals surface area contributed by atoms with Crippen molar-refractivity contribution < 1.29 is 19.1 Å². The molecule has 0 unspecified atom stereocenters. The molecule has 1 N–H and O–H groups in total. The Balaban J connectivity index is 2.17. The number of hydrogen-bond donors (Lipinski definition) is 1. The predicted molar refractivity (Wildman–Crippen MR) is 70.7 cm³/mol. The first kappa shape index (κ1) is 15.9. The molecule has 1 aliphatic rings. The second-order valence-corrected chi connectivity index (χ2v) is 4.95. The Morgan fingerprint density at radius 2 is 2.16 bits per heavy atom. The van der Waals surface area contributed by atoms with Gasteiger partial charge in [-0.2, -0.15) is 0 Å². The minimum Gasteiger partial charge on any atom is -0.469 e. The van der Waals surface area contributed by atoms with Crippen LogP contribution in [0.3, 0.4) is 0 Å². The fourth-order valence-electron chi connectivity index (χ4n) is 2.00. The number of methoxy groups -OCH3 is 1. The molecule has 1 fully saturated rings. The normalized spacial score (nSPS) is 23.9. The summed E-state index contributed by atoms with van der Waals surface area (Å²) in [5.74, 6) is -0.254. The van der Waals surface area contributed by atoms with Gasteiger partial charge in [-0.25, -0.2) is 0 Å². The molecule has 19 heavy (non-hydrogen) atoms. The Morgan fingerprint density at radius 1 is 1.42 bits per heavy atom. The molecule has 0 aliphatic carbocycles. The second kappa shape index (κ2) is 8.12. The third-order valence-corrected chi connectivity index (χ3v) is 3.19. The molecule has 0 radical (unpaired) electrons. The molecule has 1 rings (SSSR count). The summed E-state index contributed by atoms with van der Waals surface area (Å²) in [6, 6.07) is 0.261. The van der Waals surface area contributed by atoms with E-state index >= 15 is 0 Å². The summed E-state index contributed by atoms with van der Waals surface area (Å²) in [4.78, 5) is 24.8. The van der Waals surface area contributed by atoms with E-state index in [1.807, 2.05) is 6.92 Å². The van der Waals surface area contributed by atoms with E-state index in [4.69, 9.17) is 4.74 Å². The first-order valence-electron chi connectivity index (χ1n) is 6.72. The van der Waals surface area contributed by atoms with Crippen molar-refractivity contribution in [3.8, 4) is 0 Å². The molecular weight excluding hydrogens is 248 g/mol. The fraction of sp³-hybridized carbons (Fsp3) is 0.846. The Morgan fingerprint density at radius 3 is 2.84 bits per heavy atom. The molecule has 1 aliphatic heterocycles. The van der Waals surface area contributed by atoms with Gasteiger partial charge in [-0.15, -0.1) is 0 Å². The molecule has 1 heterocycles. The molecule has 6 nitrogen and oxygen atoms in total. The van der Waals surface area contributed by atoms with Crippen LogP contribution in [0.15, 0.2) is 0 Å². The zero-order chi connectivity index (χ0) is 14.3. The van der Waals surface area contributed by atoms with E-state index in [0.717, 1.165) is 6.54 Å². The summed E-state index contributed by atoms with van der Waals surface area (Å²) < 4.78 is 10.0. The highest BCUT2D eigenvalue weighted by Gasteiger charge is 2.24. The summed E-state index contributed by atoms with van der Waals surface area (Å²) in [6.07, 6.45) is 1.11. The molecule has 0 aromatic heterocycles. The van der Waals surface area contributed by atoms with E-state index in [-0.39, 0.29) is 24.0 Å². The van der Waals surface area contributed by atoms with Crippen molar-refractivity contribution in [3.63, 3.8) is 0 Å². The van der Waals surface area contributed by atoms with Crippen LogP contribution < -0.4 is 5.32 Å². The van der Waals surface area contributed by atoms with Crippen LogP contribution in [0.25, 0.3) is 0 Å². The van der Waals surface area contributed by atoms with Crippen molar-refractivity contribution in [3.05, 3.63) is 0 Å². The van der Waals surface area contributed by atoms with Crippen LogP contribution in [-0.2, 0) is 19.1 Å². The number of morpholine rings is 1. The first-order valence-corrected chi connectivity index (χ1v) is 6.72. The van der Waals surface area contributed by atoms with Gasteiger partial charge in [-0.3, -0.25) is 14.5 Å². The molecule has 6 heteroatoms. The predicted octanol–water partition coefficient (Wildman–Crippen LogP) is 0.165. The third-order valence-electron chi connectivity index (χ3n) is 3.19. The monoisotopic (exact) mass is 272 g/mol. The van der Waals surface area contributed by atoms with Gasteiger partial charge in [0.1, 0.15) is 0 Å². The maximum Gasteiger partial charge on any atom is 0.305 e. The largest absolute Gasteiger partial charge is 0.469 e. The highest BCUT2D eigenvalue weighted by Crippen LogP contribution is 2.10. The van der Waals surface area contributed by atoms with E-state index in [9.17, 15) is 9.59 Å². The highest BCUT2D eigenvalue weighted by atomic mass is 16.5. The molecule has 0 spiro atoms. The van der Waals surface area contributed by atoms with Gasteiger partial charge >= 0.3 is 5.97 Å². The third kappa shape index (κ3) is 6.02. The maximum atomic E-state index is 11.8. The lowest BCUT2D eigenvalue weighted by atomic mass is 10.2. The quantitative estimate of drug-likeness (QED) is 0.551. The number of nitrogens with zero attached hydrogens (tertiary/aromatic N) is 1. The summed E-state index contributed by atoms with van der Waals surface area (Å²) in [5, 5.41) is 2.82. The van der Waals surface area contributed by atoms with Crippen LogP contribution in [-0.4, -0.2) is 62.3 Å². The summed E-state index contributed by atoms with van der Waals surface area (Å²) in [6.45, 7) is 6.38. The SMILES string of the molecule is COC(=O)CCCNC(=O)CN1C[C@H](C)OC[C@@H]1C. The van der Waals surface area contributed by atoms with Crippen molar-refractivity contribution in [2.75, 3.05) is 33.4 Å². The molecule has 0 aromatic rings. The molecule has 0 saturated carbocycles. The van der Waals surface area contributed by atoms with Gasteiger partial charge in [0, 0.05) is 25.6 Å². The Hall–Kier alpha value is -1.14. The lowest BCUT2D eigenvalue weighted by Gasteiger charge is -2.36. The van der Waals surface area contributed by atoms with Gasteiger partial charge in [0.05, 0.1) is 26.4 Å². The Kier molecular flexibility index (Phi) is 6.80. The molecule has 2 atom stereocenters. The van der Waals surface area contributed by atoms with Crippen molar-refractivity contribution in [2.45, 2.75) is 38.8 Å². The zero-order valence-corrected chi connectivity index (χ0v) is 12.0. The van der Waals surface area contributed by atoms with Crippen molar-refractivity contribution in [2.24, 2.45) is 0 Å². The number of hydrogen-bond acceptors (Lipinski definition) is 5. The van der Waals surface area contributed by atoms with Crippen LogP contribution >= 0.6 is 0 Å². The topological polar surface area (TPSA) is 67.9 Å². The summed E-state index contributed by atoms with van der Waals surface area (Å²) in [5.41, 5.74) is 0. The van der Waals surface area contributed by atoms with E-state index in [1.54, 1.807) is 0 Å². The average Bonchev–Trinajstić information content (AvgIpc) is 2.38. The number of rotatable bonds is 6. The van der Waals surface area contributed by atoms with Crippen LogP contribution in [0.5, 0.6) is 0 Å². The Labute approximate surface area is 114 Å². The summed E-state index contributed by atoms with van der Waals surface area (Å²) in [7, 11) is 1.36. The fourth-order valence-corrected chi connectivity index (χ4v) is 2.00. The van der Waals surface area contributed by atoms with Crippen LogP contribution in [0, 0.1) is 0 Å². The molecule has 1 saturated heterocycles. The molecule has 0 aromatic carbocycles. The molecular formula is C13H24N2O4. The molecule has 1 amide bonds. The smallest absolute Gasteiger partial charge is 0.305 e. The molecule has 0 bridgehead atoms. The van der Waals surface area contributed by atoms with Crippen molar-refractivity contribution >= 4 is 11.9 Å². The van der Waals surface area contributed by atoms with Gasteiger partial charge in [0.15, 0.2) is 0 Å². The van der Waals surface area contributed by atoms with Gasteiger partial charge in [0.2, 0.25) is 5.91 Å². The van der Waals surface area contributed by atoms with Gasteiger partial charge in [0.25, 0.3) is 0 Å². The highest BCUT2D eigenvalue weighted by molar-refractivity contribution is 5.78. The number of ether oxygens (including phenoxy) is 2. The summed E-state index contributed by atoms with van der Waals surface area (Å²) >= 11 is 0. The van der Waals surface area contributed by atoms with Crippen LogP contribution in [0.1, 0.15) is 26.7 Å². The van der Waals surface area contributed by atoms with Crippen LogP contribution in [0.2, 0.25) is 0 Å². The second-order valence-electron chi connectivity index (χ2n) is 4.95. The number of amides is 1. The number of esters is 1. The average molecular weight is 272 g/mol. The van der Waals surface area contributed by atoms with E-state index in [1.165, 1.54) is 7.11 Å². The minimum absolute atomic E-state index is 0.00850. The van der Waals surface area contributed by atoms with Crippen molar-refractivity contribution in [1.29, 1.82) is 0 Å². The maximum absolute atomic E-state index is 11.8. The number of carbonyl (C=O) groups is 2. The van der Waals surface area contributed by atoms with Crippen molar-refractivity contribution in [1.82, 2.24) is 10.2 Å². The van der Waals surface area contributed by atoms with Crippen LogP contribution in [0.4, 0.5) is 0 Å².